The van der Waals surface area contributed by atoms with E-state index in [1.165, 1.54) is 16.8 Å². The molecule has 0 saturated carbocycles. The minimum atomic E-state index is -0.351. The van der Waals surface area contributed by atoms with E-state index in [1.54, 1.807) is 19.1 Å². The number of hydrogen-bond donors (Lipinski definition) is 1. The number of anilines is 1. The molecule has 2 aromatic carbocycles. The molecule has 3 rings (SSSR count). The fourth-order valence-electron chi connectivity index (χ4n) is 2.34. The van der Waals surface area contributed by atoms with Crippen LogP contribution in [0.4, 0.5) is 10.1 Å². The van der Waals surface area contributed by atoms with E-state index in [0.29, 0.717) is 22.6 Å². The molecule has 122 valence electrons. The van der Waals surface area contributed by atoms with Crippen molar-refractivity contribution in [3.8, 4) is 5.69 Å². The smallest absolute Gasteiger partial charge is 0.260 e. The number of aromatic nitrogens is 2. The number of amides is 1. The van der Waals surface area contributed by atoms with Gasteiger partial charge in [-0.15, -0.1) is 0 Å². The summed E-state index contributed by atoms with van der Waals surface area (Å²) in [5, 5.41) is 7.28. The molecule has 0 fully saturated rings. The summed E-state index contributed by atoms with van der Waals surface area (Å²) in [5.41, 5.74) is 3.15. The quantitative estimate of drug-likeness (QED) is 0.759. The maximum atomic E-state index is 13.1. The zero-order valence-electron chi connectivity index (χ0n) is 13.2. The number of halogens is 2. The van der Waals surface area contributed by atoms with Crippen LogP contribution in [-0.4, -0.2) is 15.7 Å². The maximum absolute atomic E-state index is 13.1. The Morgan fingerprint density at radius 3 is 2.33 bits per heavy atom. The molecule has 0 bridgehead atoms. The number of rotatable bonds is 3. The molecule has 1 heterocycles. The van der Waals surface area contributed by atoms with Gasteiger partial charge in [0, 0.05) is 5.69 Å². The van der Waals surface area contributed by atoms with Gasteiger partial charge in [-0.1, -0.05) is 29.3 Å². The highest BCUT2D eigenvalue weighted by molar-refractivity contribution is 6.34. The Hall–Kier alpha value is -2.66. The first-order valence-electron chi connectivity index (χ1n) is 7.35. The molecular formula is C18H15ClFN3O. The van der Waals surface area contributed by atoms with Gasteiger partial charge in [-0.3, -0.25) is 4.79 Å². The third-order valence-corrected chi connectivity index (χ3v) is 3.96. The van der Waals surface area contributed by atoms with Gasteiger partial charge in [0.25, 0.3) is 5.91 Å². The van der Waals surface area contributed by atoms with Crippen LogP contribution < -0.4 is 5.32 Å². The van der Waals surface area contributed by atoms with Crippen molar-refractivity contribution in [2.45, 2.75) is 13.8 Å². The topological polar surface area (TPSA) is 46.9 Å². The molecule has 0 aliphatic carbocycles. The van der Waals surface area contributed by atoms with Crippen molar-refractivity contribution in [2.75, 3.05) is 5.32 Å². The molecule has 0 aliphatic heterocycles. The summed E-state index contributed by atoms with van der Waals surface area (Å²) in [6.45, 7) is 3.68. The maximum Gasteiger partial charge on any atom is 0.260 e. The number of benzene rings is 2. The van der Waals surface area contributed by atoms with Gasteiger partial charge in [0.15, 0.2) is 0 Å². The van der Waals surface area contributed by atoms with E-state index in [-0.39, 0.29) is 16.9 Å². The van der Waals surface area contributed by atoms with Gasteiger partial charge < -0.3 is 5.32 Å². The summed E-state index contributed by atoms with van der Waals surface area (Å²) >= 11 is 6.34. The molecule has 4 nitrogen and oxygen atoms in total. The van der Waals surface area contributed by atoms with E-state index < -0.39 is 0 Å². The fraction of sp³-hybridized carbons (Fsp3) is 0.111. The standard InChI is InChI=1S/C18H15ClFN3O/c1-11-3-7-14(8-4-11)21-18(24)16-12(2)22-23(17(16)19)15-9-5-13(20)6-10-15/h3-10H,1-2H3,(H,21,24). The Labute approximate surface area is 143 Å². The lowest BCUT2D eigenvalue weighted by Crippen LogP contribution is -2.13. The van der Waals surface area contributed by atoms with Crippen LogP contribution in [0, 0.1) is 19.7 Å². The Balaban J connectivity index is 1.92. The lowest BCUT2D eigenvalue weighted by molar-refractivity contribution is 0.102. The van der Waals surface area contributed by atoms with Gasteiger partial charge in [-0.25, -0.2) is 9.07 Å². The Bertz CT molecular complexity index is 886. The first-order chi connectivity index (χ1) is 11.5. The lowest BCUT2D eigenvalue weighted by atomic mass is 10.2. The van der Waals surface area contributed by atoms with Gasteiger partial charge in [0.05, 0.1) is 11.4 Å². The Morgan fingerprint density at radius 1 is 1.08 bits per heavy atom. The van der Waals surface area contributed by atoms with Crippen molar-refractivity contribution in [2.24, 2.45) is 0 Å². The number of nitrogens with one attached hydrogen (secondary N) is 1. The molecule has 0 saturated heterocycles. The van der Waals surface area contributed by atoms with Crippen LogP contribution in [0.15, 0.2) is 48.5 Å². The second-order valence-corrected chi connectivity index (χ2v) is 5.82. The van der Waals surface area contributed by atoms with Crippen LogP contribution in [0.3, 0.4) is 0 Å². The van der Waals surface area contributed by atoms with E-state index >= 15 is 0 Å². The average Bonchev–Trinajstić information content (AvgIpc) is 2.85. The molecule has 0 radical (unpaired) electrons. The highest BCUT2D eigenvalue weighted by atomic mass is 35.5. The predicted molar refractivity (Wildman–Crippen MR) is 92.4 cm³/mol. The first kappa shape index (κ1) is 16.2. The Kier molecular flexibility index (Phi) is 4.36. The number of carbonyl (C=O) groups excluding carboxylic acids is 1. The summed E-state index contributed by atoms with van der Waals surface area (Å²) in [4.78, 5) is 12.5. The van der Waals surface area contributed by atoms with Gasteiger partial charge in [0.2, 0.25) is 0 Å². The minimum absolute atomic E-state index is 0.184. The number of hydrogen-bond acceptors (Lipinski definition) is 2. The van der Waals surface area contributed by atoms with Gasteiger partial charge >= 0.3 is 0 Å². The molecule has 0 atom stereocenters. The van der Waals surface area contributed by atoms with Crippen molar-refractivity contribution in [3.05, 3.63) is 76.3 Å². The highest BCUT2D eigenvalue weighted by Crippen LogP contribution is 2.24. The number of aryl methyl sites for hydroxylation is 2. The molecule has 1 N–H and O–H groups in total. The van der Waals surface area contributed by atoms with Crippen LogP contribution in [-0.2, 0) is 0 Å². The predicted octanol–water partition coefficient (Wildman–Crippen LogP) is 4.53. The van der Waals surface area contributed by atoms with Crippen LogP contribution in [0.2, 0.25) is 5.15 Å². The zero-order valence-corrected chi connectivity index (χ0v) is 13.9. The third-order valence-electron chi connectivity index (χ3n) is 3.61. The third kappa shape index (κ3) is 3.16. The molecule has 0 unspecified atom stereocenters. The van der Waals surface area contributed by atoms with Crippen molar-refractivity contribution in [1.82, 2.24) is 9.78 Å². The SMILES string of the molecule is Cc1ccc(NC(=O)c2c(C)nn(-c3ccc(F)cc3)c2Cl)cc1. The van der Waals surface area contributed by atoms with Gasteiger partial charge in [-0.05, 0) is 50.2 Å². The number of carbonyl (C=O) groups is 1. The number of nitrogens with zero attached hydrogens (tertiary/aromatic N) is 2. The summed E-state index contributed by atoms with van der Waals surface area (Å²) in [5.74, 6) is -0.689. The summed E-state index contributed by atoms with van der Waals surface area (Å²) < 4.78 is 14.5. The van der Waals surface area contributed by atoms with E-state index in [9.17, 15) is 9.18 Å². The summed E-state index contributed by atoms with van der Waals surface area (Å²) in [6, 6.07) is 13.2. The second-order valence-electron chi connectivity index (χ2n) is 5.46. The first-order valence-corrected chi connectivity index (χ1v) is 7.72. The Morgan fingerprint density at radius 2 is 1.71 bits per heavy atom. The van der Waals surface area contributed by atoms with Crippen molar-refractivity contribution in [3.63, 3.8) is 0 Å². The van der Waals surface area contributed by atoms with E-state index in [0.717, 1.165) is 5.56 Å². The zero-order chi connectivity index (χ0) is 17.3. The lowest BCUT2D eigenvalue weighted by Gasteiger charge is -2.06. The van der Waals surface area contributed by atoms with Crippen molar-refractivity contribution >= 4 is 23.2 Å². The highest BCUT2D eigenvalue weighted by Gasteiger charge is 2.21. The summed E-state index contributed by atoms with van der Waals surface area (Å²) in [6.07, 6.45) is 0. The fourth-order valence-corrected chi connectivity index (χ4v) is 2.70. The summed E-state index contributed by atoms with van der Waals surface area (Å²) in [7, 11) is 0. The molecule has 0 spiro atoms. The van der Waals surface area contributed by atoms with Crippen LogP contribution in [0.1, 0.15) is 21.6 Å². The minimum Gasteiger partial charge on any atom is -0.322 e. The van der Waals surface area contributed by atoms with E-state index in [2.05, 4.69) is 10.4 Å². The van der Waals surface area contributed by atoms with Crippen LogP contribution >= 0.6 is 11.6 Å². The van der Waals surface area contributed by atoms with E-state index in [1.807, 2.05) is 31.2 Å². The van der Waals surface area contributed by atoms with E-state index in [4.69, 9.17) is 11.6 Å². The van der Waals surface area contributed by atoms with Gasteiger partial charge in [0.1, 0.15) is 16.5 Å². The molecule has 1 aromatic heterocycles. The normalized spacial score (nSPS) is 10.7. The second kappa shape index (κ2) is 6.45. The molecular weight excluding hydrogens is 329 g/mol. The largest absolute Gasteiger partial charge is 0.322 e. The monoisotopic (exact) mass is 343 g/mol. The van der Waals surface area contributed by atoms with Crippen molar-refractivity contribution < 1.29 is 9.18 Å². The molecule has 24 heavy (non-hydrogen) atoms. The van der Waals surface area contributed by atoms with Crippen molar-refractivity contribution in [1.29, 1.82) is 0 Å². The molecule has 6 heteroatoms. The molecule has 3 aromatic rings. The molecule has 0 aliphatic rings. The van der Waals surface area contributed by atoms with Crippen LogP contribution in [0.25, 0.3) is 5.69 Å². The van der Waals surface area contributed by atoms with Crippen LogP contribution in [0.5, 0.6) is 0 Å². The average molecular weight is 344 g/mol. The molecule has 1 amide bonds. The van der Waals surface area contributed by atoms with Gasteiger partial charge in [-0.2, -0.15) is 5.10 Å².